The average Bonchev–Trinajstić information content (AvgIpc) is 3.26. The van der Waals surface area contributed by atoms with Crippen LogP contribution in [0.25, 0.3) is 11.3 Å². The maximum absolute atomic E-state index is 14.1. The third-order valence-electron chi connectivity index (χ3n) is 4.43. The number of alkyl halides is 2. The summed E-state index contributed by atoms with van der Waals surface area (Å²) in [6.45, 7) is -0.221. The Morgan fingerprint density at radius 2 is 1.89 bits per heavy atom. The predicted octanol–water partition coefficient (Wildman–Crippen LogP) is 3.77. The Morgan fingerprint density at radius 3 is 2.54 bits per heavy atom. The second-order valence-electron chi connectivity index (χ2n) is 6.51. The minimum atomic E-state index is -3.19. The lowest BCUT2D eigenvalue weighted by molar-refractivity contribution is -0.116. The van der Waals surface area contributed by atoms with E-state index >= 15 is 0 Å². The highest BCUT2D eigenvalue weighted by atomic mass is 19.3. The summed E-state index contributed by atoms with van der Waals surface area (Å²) >= 11 is 0. The summed E-state index contributed by atoms with van der Waals surface area (Å²) in [7, 11) is 0. The zero-order chi connectivity index (χ0) is 20.1. The molecule has 28 heavy (non-hydrogen) atoms. The van der Waals surface area contributed by atoms with Gasteiger partial charge in [0.2, 0.25) is 5.91 Å². The van der Waals surface area contributed by atoms with Crippen LogP contribution in [0, 0.1) is 11.6 Å². The van der Waals surface area contributed by atoms with Gasteiger partial charge in [0.05, 0.1) is 5.56 Å². The molecular weight excluding hydrogens is 380 g/mol. The highest BCUT2D eigenvalue weighted by Gasteiger charge is 2.19. The van der Waals surface area contributed by atoms with Crippen LogP contribution in [-0.2, 0) is 4.79 Å². The number of H-pyrrole nitrogens is 1. The summed E-state index contributed by atoms with van der Waals surface area (Å²) in [6, 6.07) is 2.57. The number of benzene rings is 1. The monoisotopic (exact) mass is 400 g/mol. The Labute approximate surface area is 158 Å². The van der Waals surface area contributed by atoms with Crippen molar-refractivity contribution < 1.29 is 27.1 Å². The van der Waals surface area contributed by atoms with E-state index in [4.69, 9.17) is 0 Å². The van der Waals surface area contributed by atoms with E-state index in [2.05, 4.69) is 25.2 Å². The van der Waals surface area contributed by atoms with Gasteiger partial charge < -0.3 is 15.0 Å². The second-order valence-corrected chi connectivity index (χ2v) is 6.51. The molecule has 0 bridgehead atoms. The first-order chi connectivity index (χ1) is 13.4. The molecule has 2 N–H and O–H groups in total. The molecule has 0 aliphatic carbocycles. The van der Waals surface area contributed by atoms with E-state index < -0.39 is 29.6 Å². The first-order valence-corrected chi connectivity index (χ1v) is 8.94. The predicted molar refractivity (Wildman–Crippen MR) is 94.1 cm³/mol. The molecular formula is C18H20F4N4O2. The van der Waals surface area contributed by atoms with Crippen LogP contribution >= 0.6 is 0 Å². The molecule has 10 heteroatoms. The van der Waals surface area contributed by atoms with Crippen molar-refractivity contribution in [1.29, 1.82) is 0 Å². The lowest BCUT2D eigenvalue weighted by Crippen LogP contribution is -2.22. The number of hydrogen-bond acceptors (Lipinski definition) is 4. The number of rotatable bonds is 8. The highest BCUT2D eigenvalue weighted by molar-refractivity contribution is 5.90. The van der Waals surface area contributed by atoms with Gasteiger partial charge in [-0.1, -0.05) is 0 Å². The Kier molecular flexibility index (Phi) is 6.50. The van der Waals surface area contributed by atoms with Gasteiger partial charge in [0.15, 0.2) is 0 Å². The minimum absolute atomic E-state index is 0.106. The Balaban J connectivity index is 1.59. The first-order valence-electron chi connectivity index (χ1n) is 8.94. The van der Waals surface area contributed by atoms with E-state index in [-0.39, 0.29) is 17.4 Å². The minimum Gasteiger partial charge on any atom is -0.435 e. The summed E-state index contributed by atoms with van der Waals surface area (Å²) in [5.41, 5.74) is -0.613. The molecule has 6 nitrogen and oxygen atoms in total. The molecule has 0 radical (unpaired) electrons. The summed E-state index contributed by atoms with van der Waals surface area (Å²) in [5.74, 6) is -2.89. The van der Waals surface area contributed by atoms with Crippen LogP contribution in [-0.4, -0.2) is 47.3 Å². The van der Waals surface area contributed by atoms with E-state index in [1.807, 2.05) is 0 Å². The molecule has 152 valence electrons. The molecule has 1 aromatic carbocycles. The number of nitrogens with one attached hydrogen (secondary N) is 2. The van der Waals surface area contributed by atoms with Crippen LogP contribution in [0.2, 0.25) is 0 Å². The fourth-order valence-electron chi connectivity index (χ4n) is 3.16. The van der Waals surface area contributed by atoms with E-state index in [0.29, 0.717) is 25.0 Å². The normalized spacial score (nSPS) is 14.6. The number of halogens is 4. The van der Waals surface area contributed by atoms with Gasteiger partial charge in [0, 0.05) is 24.6 Å². The fraction of sp³-hybridized carbons (Fsp3) is 0.444. The Morgan fingerprint density at radius 1 is 1.21 bits per heavy atom. The van der Waals surface area contributed by atoms with Gasteiger partial charge in [-0.25, -0.2) is 8.78 Å². The van der Waals surface area contributed by atoms with Gasteiger partial charge in [-0.3, -0.25) is 9.89 Å². The molecule has 1 aliphatic rings. The van der Waals surface area contributed by atoms with Crippen molar-refractivity contribution in [2.24, 2.45) is 0 Å². The molecule has 1 aliphatic heterocycles. The number of anilines is 1. The van der Waals surface area contributed by atoms with Crippen molar-refractivity contribution in [2.45, 2.75) is 32.3 Å². The van der Waals surface area contributed by atoms with Crippen LogP contribution < -0.4 is 10.1 Å². The molecule has 0 saturated carbocycles. The zero-order valence-corrected chi connectivity index (χ0v) is 15.0. The van der Waals surface area contributed by atoms with Crippen molar-refractivity contribution >= 4 is 11.7 Å². The van der Waals surface area contributed by atoms with E-state index in [1.165, 1.54) is 18.9 Å². The smallest absolute Gasteiger partial charge is 0.387 e. The van der Waals surface area contributed by atoms with E-state index in [0.717, 1.165) is 19.6 Å². The molecule has 1 saturated heterocycles. The van der Waals surface area contributed by atoms with Crippen molar-refractivity contribution in [2.75, 3.05) is 25.0 Å². The molecule has 0 atom stereocenters. The third-order valence-corrected chi connectivity index (χ3v) is 4.43. The molecule has 1 fully saturated rings. The fourth-order valence-corrected chi connectivity index (χ4v) is 3.16. The van der Waals surface area contributed by atoms with Crippen molar-refractivity contribution in [3.63, 3.8) is 0 Å². The van der Waals surface area contributed by atoms with Crippen LogP contribution in [0.15, 0.2) is 18.2 Å². The van der Waals surface area contributed by atoms with Gasteiger partial charge in [-0.05, 0) is 38.9 Å². The van der Waals surface area contributed by atoms with Gasteiger partial charge in [0.1, 0.15) is 28.9 Å². The highest BCUT2D eigenvalue weighted by Crippen LogP contribution is 2.30. The summed E-state index contributed by atoms with van der Waals surface area (Å²) in [4.78, 5) is 14.3. The van der Waals surface area contributed by atoms with E-state index in [1.54, 1.807) is 0 Å². The van der Waals surface area contributed by atoms with Crippen LogP contribution in [0.1, 0.15) is 25.7 Å². The standard InChI is InChI=1S/C18H20F4N4O2/c19-12-8-11(28-18(21)22)9-13(20)17(12)14-10-15(25-24-14)23-16(27)4-3-7-26-5-1-2-6-26/h8-10,18H,1-7H2,(H2,23,24,25,27). The third kappa shape index (κ3) is 5.22. The van der Waals surface area contributed by atoms with Crippen LogP contribution in [0.5, 0.6) is 5.75 Å². The number of ether oxygens (including phenoxy) is 1. The van der Waals surface area contributed by atoms with Crippen LogP contribution in [0.4, 0.5) is 23.4 Å². The van der Waals surface area contributed by atoms with Crippen molar-refractivity contribution in [3.8, 4) is 17.0 Å². The van der Waals surface area contributed by atoms with Crippen molar-refractivity contribution in [1.82, 2.24) is 15.1 Å². The number of carbonyl (C=O) groups is 1. The maximum atomic E-state index is 14.1. The number of carbonyl (C=O) groups excluding carboxylic acids is 1. The number of likely N-dealkylation sites (tertiary alicyclic amines) is 1. The van der Waals surface area contributed by atoms with E-state index in [9.17, 15) is 22.4 Å². The van der Waals surface area contributed by atoms with Crippen molar-refractivity contribution in [3.05, 3.63) is 29.8 Å². The summed E-state index contributed by atoms with van der Waals surface area (Å²) in [6.07, 6.45) is 3.39. The SMILES string of the molecule is O=C(CCCN1CCCC1)Nc1cc(-c2c(F)cc(OC(F)F)cc2F)n[nH]1. The molecule has 3 rings (SSSR count). The number of aromatic amines is 1. The molecule has 0 spiro atoms. The van der Waals surface area contributed by atoms with Gasteiger partial charge in [-0.2, -0.15) is 13.9 Å². The lowest BCUT2D eigenvalue weighted by atomic mass is 10.1. The molecule has 1 amide bonds. The second kappa shape index (κ2) is 9.05. The quantitative estimate of drug-likeness (QED) is 0.662. The zero-order valence-electron chi connectivity index (χ0n) is 15.0. The van der Waals surface area contributed by atoms with Crippen LogP contribution in [0.3, 0.4) is 0 Å². The maximum Gasteiger partial charge on any atom is 0.387 e. The number of aromatic nitrogens is 2. The largest absolute Gasteiger partial charge is 0.435 e. The number of amides is 1. The number of nitrogens with zero attached hydrogens (tertiary/aromatic N) is 2. The topological polar surface area (TPSA) is 70.2 Å². The average molecular weight is 400 g/mol. The molecule has 2 heterocycles. The summed E-state index contributed by atoms with van der Waals surface area (Å²) < 4.78 is 56.6. The molecule has 2 aromatic rings. The van der Waals surface area contributed by atoms with Gasteiger partial charge in [0.25, 0.3) is 0 Å². The first kappa shape index (κ1) is 20.1. The van der Waals surface area contributed by atoms with Gasteiger partial charge in [-0.15, -0.1) is 0 Å². The molecule has 0 unspecified atom stereocenters. The van der Waals surface area contributed by atoms with Gasteiger partial charge >= 0.3 is 6.61 Å². The number of hydrogen-bond donors (Lipinski definition) is 2. The lowest BCUT2D eigenvalue weighted by Gasteiger charge is -2.13. The Hall–Kier alpha value is -2.62. The summed E-state index contributed by atoms with van der Waals surface area (Å²) in [5, 5.41) is 8.86. The Bertz CT molecular complexity index is 799. The molecule has 1 aromatic heterocycles.